The maximum atomic E-state index is 11.7. The fourth-order valence-electron chi connectivity index (χ4n) is 2.01. The molecule has 0 aromatic carbocycles. The SMILES string of the molecule is COCCS(=O)(=O)NC1CCCC1C(N)=NO. The fraction of sp³-hybridized carbons (Fsp3) is 0.889. The molecule has 7 nitrogen and oxygen atoms in total. The van der Waals surface area contributed by atoms with Crippen LogP contribution >= 0.6 is 0 Å². The summed E-state index contributed by atoms with van der Waals surface area (Å²) in [5, 5.41) is 11.6. The summed E-state index contributed by atoms with van der Waals surface area (Å²) in [6.45, 7) is 0.149. The lowest BCUT2D eigenvalue weighted by molar-refractivity contribution is 0.216. The monoisotopic (exact) mass is 265 g/mol. The summed E-state index contributed by atoms with van der Waals surface area (Å²) in [6.07, 6.45) is 2.29. The average molecular weight is 265 g/mol. The molecular formula is C9H19N3O4S. The fourth-order valence-corrected chi connectivity index (χ4v) is 3.26. The summed E-state index contributed by atoms with van der Waals surface area (Å²) in [5.74, 6) is -0.220. The second kappa shape index (κ2) is 6.18. The van der Waals surface area contributed by atoms with Crippen molar-refractivity contribution < 1.29 is 18.4 Å². The summed E-state index contributed by atoms with van der Waals surface area (Å²) in [5.41, 5.74) is 5.53. The van der Waals surface area contributed by atoms with Gasteiger partial charge in [-0.25, -0.2) is 13.1 Å². The number of nitrogens with two attached hydrogens (primary N) is 1. The highest BCUT2D eigenvalue weighted by atomic mass is 32.2. The molecule has 0 saturated heterocycles. The topological polar surface area (TPSA) is 114 Å². The minimum atomic E-state index is -3.37. The number of rotatable bonds is 6. The summed E-state index contributed by atoms with van der Waals surface area (Å²) in [6, 6.07) is -0.284. The lowest BCUT2D eigenvalue weighted by Gasteiger charge is -2.19. The second-order valence-electron chi connectivity index (χ2n) is 4.10. The van der Waals surface area contributed by atoms with Crippen LogP contribution in [0.3, 0.4) is 0 Å². The second-order valence-corrected chi connectivity index (χ2v) is 5.97. The highest BCUT2D eigenvalue weighted by molar-refractivity contribution is 7.89. The highest BCUT2D eigenvalue weighted by Gasteiger charge is 2.33. The van der Waals surface area contributed by atoms with Crippen LogP contribution < -0.4 is 10.5 Å². The van der Waals surface area contributed by atoms with Crippen LogP contribution in [0.15, 0.2) is 5.16 Å². The van der Waals surface area contributed by atoms with Gasteiger partial charge in [0, 0.05) is 19.1 Å². The van der Waals surface area contributed by atoms with E-state index in [1.807, 2.05) is 0 Å². The molecule has 1 aliphatic rings. The van der Waals surface area contributed by atoms with Gasteiger partial charge in [-0.05, 0) is 12.8 Å². The molecule has 1 fully saturated rings. The first-order chi connectivity index (χ1) is 8.00. The van der Waals surface area contributed by atoms with Gasteiger partial charge in [0.2, 0.25) is 10.0 Å². The first-order valence-electron chi connectivity index (χ1n) is 5.46. The van der Waals surface area contributed by atoms with E-state index in [2.05, 4.69) is 9.88 Å². The van der Waals surface area contributed by atoms with E-state index in [9.17, 15) is 8.42 Å². The minimum absolute atomic E-state index is 0.0805. The van der Waals surface area contributed by atoms with Crippen molar-refractivity contribution in [2.45, 2.75) is 25.3 Å². The third kappa shape index (κ3) is 4.14. The summed E-state index contributed by atoms with van der Waals surface area (Å²) in [4.78, 5) is 0. The molecule has 0 aromatic heterocycles. The van der Waals surface area contributed by atoms with Gasteiger partial charge < -0.3 is 15.7 Å². The predicted octanol–water partition coefficient (Wildman–Crippen LogP) is -0.533. The van der Waals surface area contributed by atoms with Gasteiger partial charge in [0.25, 0.3) is 0 Å². The Hall–Kier alpha value is -0.860. The van der Waals surface area contributed by atoms with E-state index in [0.29, 0.717) is 6.42 Å². The Balaban J connectivity index is 2.61. The lowest BCUT2D eigenvalue weighted by atomic mass is 10.0. The van der Waals surface area contributed by atoms with Gasteiger partial charge in [-0.15, -0.1) is 0 Å². The van der Waals surface area contributed by atoms with Gasteiger partial charge in [-0.3, -0.25) is 0 Å². The molecule has 1 saturated carbocycles. The molecule has 0 spiro atoms. The van der Waals surface area contributed by atoms with E-state index < -0.39 is 10.0 Å². The van der Waals surface area contributed by atoms with E-state index in [-0.39, 0.29) is 30.2 Å². The molecule has 2 atom stereocenters. The van der Waals surface area contributed by atoms with Crippen LogP contribution in [0, 0.1) is 5.92 Å². The van der Waals surface area contributed by atoms with E-state index in [1.54, 1.807) is 0 Å². The van der Waals surface area contributed by atoms with Crippen molar-refractivity contribution in [2.75, 3.05) is 19.5 Å². The molecule has 0 bridgehead atoms. The third-order valence-corrected chi connectivity index (χ3v) is 4.26. The number of hydrogen-bond donors (Lipinski definition) is 3. The largest absolute Gasteiger partial charge is 0.409 e. The maximum absolute atomic E-state index is 11.7. The number of nitrogens with zero attached hydrogens (tertiary/aromatic N) is 1. The van der Waals surface area contributed by atoms with Crippen molar-refractivity contribution in [3.8, 4) is 0 Å². The predicted molar refractivity (Wildman–Crippen MR) is 63.3 cm³/mol. The zero-order valence-electron chi connectivity index (χ0n) is 9.80. The Bertz CT molecular complexity index is 368. The van der Waals surface area contributed by atoms with Gasteiger partial charge in [0.15, 0.2) is 0 Å². The van der Waals surface area contributed by atoms with Crippen LogP contribution in [0.4, 0.5) is 0 Å². The summed E-state index contributed by atoms with van der Waals surface area (Å²) in [7, 11) is -1.92. The Morgan fingerprint density at radius 2 is 2.29 bits per heavy atom. The van der Waals surface area contributed by atoms with Crippen molar-refractivity contribution in [1.29, 1.82) is 0 Å². The molecule has 2 unspecified atom stereocenters. The standard InChI is InChI=1S/C9H19N3O4S/c1-16-5-6-17(14,15)12-8-4-2-3-7(8)9(10)11-13/h7-8,12-13H,2-6H2,1H3,(H2,10,11). The maximum Gasteiger partial charge on any atom is 0.214 e. The van der Waals surface area contributed by atoms with Gasteiger partial charge in [0.05, 0.1) is 12.4 Å². The lowest BCUT2D eigenvalue weighted by Crippen LogP contribution is -2.43. The minimum Gasteiger partial charge on any atom is -0.409 e. The molecule has 1 aliphatic carbocycles. The third-order valence-electron chi connectivity index (χ3n) is 2.90. The number of oxime groups is 1. The molecule has 100 valence electrons. The first-order valence-corrected chi connectivity index (χ1v) is 7.11. The molecular weight excluding hydrogens is 246 g/mol. The molecule has 8 heteroatoms. The van der Waals surface area contributed by atoms with Crippen LogP contribution in [0.2, 0.25) is 0 Å². The normalized spacial score (nSPS) is 26.3. The first kappa shape index (κ1) is 14.2. The van der Waals surface area contributed by atoms with E-state index >= 15 is 0 Å². The smallest absolute Gasteiger partial charge is 0.214 e. The van der Waals surface area contributed by atoms with Crippen LogP contribution in [0.5, 0.6) is 0 Å². The zero-order chi connectivity index (χ0) is 12.9. The molecule has 0 aliphatic heterocycles. The number of nitrogens with one attached hydrogen (secondary N) is 1. The van der Waals surface area contributed by atoms with E-state index in [0.717, 1.165) is 12.8 Å². The van der Waals surface area contributed by atoms with Crippen LogP contribution in [-0.2, 0) is 14.8 Å². The Kier molecular flexibility index (Phi) is 5.16. The molecule has 0 aromatic rings. The van der Waals surface area contributed by atoms with E-state index in [1.165, 1.54) is 7.11 Å². The number of sulfonamides is 1. The van der Waals surface area contributed by atoms with Crippen molar-refractivity contribution in [3.63, 3.8) is 0 Å². The van der Waals surface area contributed by atoms with Gasteiger partial charge in [-0.2, -0.15) is 0 Å². The molecule has 0 radical (unpaired) electrons. The van der Waals surface area contributed by atoms with Crippen molar-refractivity contribution in [2.24, 2.45) is 16.8 Å². The highest BCUT2D eigenvalue weighted by Crippen LogP contribution is 2.26. The molecule has 0 amide bonds. The van der Waals surface area contributed by atoms with Crippen molar-refractivity contribution in [3.05, 3.63) is 0 Å². The van der Waals surface area contributed by atoms with Crippen molar-refractivity contribution in [1.82, 2.24) is 4.72 Å². The van der Waals surface area contributed by atoms with Crippen LogP contribution in [0.1, 0.15) is 19.3 Å². The van der Waals surface area contributed by atoms with Crippen LogP contribution in [0.25, 0.3) is 0 Å². The van der Waals surface area contributed by atoms with Crippen LogP contribution in [-0.4, -0.2) is 45.0 Å². The van der Waals surface area contributed by atoms with Gasteiger partial charge >= 0.3 is 0 Å². The summed E-state index contributed by atoms with van der Waals surface area (Å²) >= 11 is 0. The molecule has 1 rings (SSSR count). The van der Waals surface area contributed by atoms with Crippen molar-refractivity contribution >= 4 is 15.9 Å². The molecule has 4 N–H and O–H groups in total. The van der Waals surface area contributed by atoms with Gasteiger partial charge in [0.1, 0.15) is 5.84 Å². The number of methoxy groups -OCH3 is 1. The zero-order valence-corrected chi connectivity index (χ0v) is 10.6. The number of ether oxygens (including phenoxy) is 1. The van der Waals surface area contributed by atoms with E-state index in [4.69, 9.17) is 15.7 Å². The molecule has 17 heavy (non-hydrogen) atoms. The number of hydrogen-bond acceptors (Lipinski definition) is 5. The summed E-state index contributed by atoms with van der Waals surface area (Å²) < 4.78 is 30.6. The quantitative estimate of drug-likeness (QED) is 0.258. The Labute approximate surface area is 101 Å². The Morgan fingerprint density at radius 1 is 1.59 bits per heavy atom. The molecule has 0 heterocycles. The Morgan fingerprint density at radius 3 is 2.88 bits per heavy atom. The average Bonchev–Trinajstić information content (AvgIpc) is 2.72. The van der Waals surface area contributed by atoms with Gasteiger partial charge in [-0.1, -0.05) is 11.6 Å². The number of amidine groups is 1.